The number of halogens is 1. The van der Waals surface area contributed by atoms with Crippen LogP contribution in [0, 0.1) is 0 Å². The number of nitrogens with zero attached hydrogens (tertiary/aromatic N) is 2. The minimum atomic E-state index is -1.57. The molecule has 0 aliphatic carbocycles. The molecule has 0 saturated heterocycles. The zero-order valence-electron chi connectivity index (χ0n) is 11.5. The van der Waals surface area contributed by atoms with Gasteiger partial charge in [-0.15, -0.1) is 0 Å². The van der Waals surface area contributed by atoms with Gasteiger partial charge in [0.05, 0.1) is 5.56 Å². The standard InChI is InChI=1S/C16H13BrN2O3/c17-12-5-3-4-11(10-12)16(22)8-9-18-19(16)15(21)13-6-1-2-7-14(13)20/h1-7,9-10,20,22H,8H2/t16-/m0/s1. The third kappa shape index (κ3) is 2.40. The lowest BCUT2D eigenvalue weighted by atomic mass is 9.99. The monoisotopic (exact) mass is 360 g/mol. The molecule has 0 aromatic heterocycles. The maximum absolute atomic E-state index is 12.6. The number of amides is 1. The van der Waals surface area contributed by atoms with Crippen molar-refractivity contribution in [1.29, 1.82) is 0 Å². The van der Waals surface area contributed by atoms with Gasteiger partial charge in [-0.25, -0.2) is 0 Å². The third-order valence-electron chi connectivity index (χ3n) is 3.54. The predicted octanol–water partition coefficient (Wildman–Crippen LogP) is 2.83. The van der Waals surface area contributed by atoms with E-state index in [1.54, 1.807) is 30.3 Å². The fourth-order valence-electron chi connectivity index (χ4n) is 2.40. The first-order valence-electron chi connectivity index (χ1n) is 6.66. The van der Waals surface area contributed by atoms with Gasteiger partial charge in [0.25, 0.3) is 5.91 Å². The molecule has 2 aromatic rings. The molecule has 0 radical (unpaired) electrons. The zero-order valence-corrected chi connectivity index (χ0v) is 13.1. The minimum Gasteiger partial charge on any atom is -0.507 e. The number of aliphatic hydroxyl groups is 1. The van der Waals surface area contributed by atoms with E-state index >= 15 is 0 Å². The van der Waals surface area contributed by atoms with Gasteiger partial charge in [-0.05, 0) is 24.3 Å². The van der Waals surface area contributed by atoms with Crippen molar-refractivity contribution in [2.24, 2.45) is 5.10 Å². The maximum atomic E-state index is 12.6. The van der Waals surface area contributed by atoms with Crippen molar-refractivity contribution in [2.75, 3.05) is 0 Å². The van der Waals surface area contributed by atoms with E-state index in [0.717, 1.165) is 9.48 Å². The average molecular weight is 361 g/mol. The second kappa shape index (κ2) is 5.55. The van der Waals surface area contributed by atoms with Crippen molar-refractivity contribution in [2.45, 2.75) is 12.1 Å². The topological polar surface area (TPSA) is 73.1 Å². The summed E-state index contributed by atoms with van der Waals surface area (Å²) in [5, 5.41) is 25.8. The van der Waals surface area contributed by atoms with E-state index in [4.69, 9.17) is 0 Å². The number of phenols is 1. The first-order chi connectivity index (χ1) is 10.5. The fourth-order valence-corrected chi connectivity index (χ4v) is 2.80. The summed E-state index contributed by atoms with van der Waals surface area (Å²) in [5.74, 6) is -0.708. The van der Waals surface area contributed by atoms with Crippen molar-refractivity contribution in [1.82, 2.24) is 5.01 Å². The molecule has 0 unspecified atom stereocenters. The molecule has 2 aromatic carbocycles. The molecule has 5 nitrogen and oxygen atoms in total. The highest BCUT2D eigenvalue weighted by Crippen LogP contribution is 2.36. The van der Waals surface area contributed by atoms with Crippen LogP contribution in [0.25, 0.3) is 0 Å². The van der Waals surface area contributed by atoms with Crippen LogP contribution in [-0.2, 0) is 5.72 Å². The molecule has 0 fully saturated rings. The SMILES string of the molecule is O=C(c1ccccc1O)N1N=CC[C@]1(O)c1cccc(Br)c1. The first kappa shape index (κ1) is 14.7. The molecule has 6 heteroatoms. The van der Waals surface area contributed by atoms with Gasteiger partial charge in [-0.3, -0.25) is 4.79 Å². The molecule has 1 atom stereocenters. The molecule has 1 aliphatic rings. The zero-order chi connectivity index (χ0) is 15.7. The lowest BCUT2D eigenvalue weighted by molar-refractivity contribution is -0.0765. The molecular weight excluding hydrogens is 348 g/mol. The van der Waals surface area contributed by atoms with Gasteiger partial charge in [0.2, 0.25) is 0 Å². The lowest BCUT2D eigenvalue weighted by Gasteiger charge is -2.31. The van der Waals surface area contributed by atoms with Gasteiger partial charge in [-0.2, -0.15) is 10.1 Å². The number of carbonyl (C=O) groups excluding carboxylic acids is 1. The van der Waals surface area contributed by atoms with Crippen molar-refractivity contribution in [3.8, 4) is 5.75 Å². The largest absolute Gasteiger partial charge is 0.507 e. The number of para-hydroxylation sites is 1. The second-order valence-corrected chi connectivity index (χ2v) is 5.88. The number of benzene rings is 2. The smallest absolute Gasteiger partial charge is 0.280 e. The van der Waals surface area contributed by atoms with Crippen LogP contribution in [0.2, 0.25) is 0 Å². The highest BCUT2D eigenvalue weighted by molar-refractivity contribution is 9.10. The Balaban J connectivity index is 2.01. The normalized spacial score (nSPS) is 20.4. The van der Waals surface area contributed by atoms with Gasteiger partial charge >= 0.3 is 0 Å². The van der Waals surface area contributed by atoms with E-state index < -0.39 is 11.6 Å². The van der Waals surface area contributed by atoms with E-state index in [2.05, 4.69) is 21.0 Å². The quantitative estimate of drug-likeness (QED) is 0.864. The summed E-state index contributed by atoms with van der Waals surface area (Å²) in [6.07, 6.45) is 1.67. The molecule has 1 amide bonds. The Morgan fingerprint density at radius 1 is 1.23 bits per heavy atom. The van der Waals surface area contributed by atoms with Gasteiger partial charge in [0.15, 0.2) is 5.72 Å². The second-order valence-electron chi connectivity index (χ2n) is 4.96. The number of hydrogen-bond donors (Lipinski definition) is 2. The minimum absolute atomic E-state index is 0.0926. The van der Waals surface area contributed by atoms with Crippen LogP contribution in [0.15, 0.2) is 58.1 Å². The summed E-state index contributed by atoms with van der Waals surface area (Å²) in [6.45, 7) is 0. The van der Waals surface area contributed by atoms with Crippen LogP contribution >= 0.6 is 15.9 Å². The Morgan fingerprint density at radius 2 is 2.00 bits per heavy atom. The Bertz CT molecular complexity index is 763. The number of aromatic hydroxyl groups is 1. The van der Waals surface area contributed by atoms with Crippen LogP contribution in [0.4, 0.5) is 0 Å². The van der Waals surface area contributed by atoms with Gasteiger partial charge in [0, 0.05) is 22.7 Å². The van der Waals surface area contributed by atoms with Crippen LogP contribution in [0.3, 0.4) is 0 Å². The van der Waals surface area contributed by atoms with Crippen molar-refractivity contribution < 1.29 is 15.0 Å². The molecule has 3 rings (SSSR count). The van der Waals surface area contributed by atoms with Crippen molar-refractivity contribution in [3.05, 3.63) is 64.1 Å². The molecule has 0 spiro atoms. The Hall–Kier alpha value is -2.18. The lowest BCUT2D eigenvalue weighted by Crippen LogP contribution is -2.43. The number of hydrogen-bond acceptors (Lipinski definition) is 4. The Labute approximate surface area is 135 Å². The number of carbonyl (C=O) groups is 1. The van der Waals surface area contributed by atoms with Crippen LogP contribution in [0.5, 0.6) is 5.75 Å². The summed E-state index contributed by atoms with van der Waals surface area (Å²) in [5.41, 5.74) is -0.929. The van der Waals surface area contributed by atoms with Crippen LogP contribution in [0.1, 0.15) is 22.3 Å². The summed E-state index contributed by atoms with van der Waals surface area (Å²) in [7, 11) is 0. The average Bonchev–Trinajstić information content (AvgIpc) is 2.90. The molecule has 0 bridgehead atoms. The van der Waals surface area contributed by atoms with E-state index in [9.17, 15) is 15.0 Å². The highest BCUT2D eigenvalue weighted by Gasteiger charge is 2.43. The fraction of sp³-hybridized carbons (Fsp3) is 0.125. The van der Waals surface area contributed by atoms with Gasteiger partial charge in [0.1, 0.15) is 5.75 Å². The summed E-state index contributed by atoms with van der Waals surface area (Å²) in [4.78, 5) is 12.6. The van der Waals surface area contributed by atoms with Gasteiger partial charge in [-0.1, -0.05) is 40.2 Å². The number of rotatable bonds is 2. The highest BCUT2D eigenvalue weighted by atomic mass is 79.9. The Morgan fingerprint density at radius 3 is 2.73 bits per heavy atom. The van der Waals surface area contributed by atoms with E-state index in [1.807, 2.05) is 6.07 Å². The molecule has 0 saturated carbocycles. The molecule has 2 N–H and O–H groups in total. The maximum Gasteiger partial charge on any atom is 0.280 e. The van der Waals surface area contributed by atoms with E-state index in [-0.39, 0.29) is 17.7 Å². The molecule has 1 heterocycles. The van der Waals surface area contributed by atoms with Gasteiger partial charge < -0.3 is 10.2 Å². The summed E-state index contributed by atoms with van der Waals surface area (Å²) in [6, 6.07) is 13.3. The number of hydrazone groups is 1. The van der Waals surface area contributed by atoms with Crippen molar-refractivity contribution in [3.63, 3.8) is 0 Å². The van der Waals surface area contributed by atoms with Crippen molar-refractivity contribution >= 4 is 28.1 Å². The summed E-state index contributed by atoms with van der Waals surface area (Å²) < 4.78 is 0.792. The summed E-state index contributed by atoms with van der Waals surface area (Å²) >= 11 is 3.35. The Kier molecular flexibility index (Phi) is 3.72. The third-order valence-corrected chi connectivity index (χ3v) is 4.03. The molecular formula is C16H13BrN2O3. The first-order valence-corrected chi connectivity index (χ1v) is 7.45. The molecule has 1 aliphatic heterocycles. The van der Waals surface area contributed by atoms with E-state index in [0.29, 0.717) is 5.56 Å². The number of phenolic OH excluding ortho intramolecular Hbond substituents is 1. The van der Waals surface area contributed by atoms with E-state index in [1.165, 1.54) is 18.3 Å². The molecule has 22 heavy (non-hydrogen) atoms. The van der Waals surface area contributed by atoms with Crippen LogP contribution in [-0.4, -0.2) is 27.3 Å². The predicted molar refractivity (Wildman–Crippen MR) is 85.4 cm³/mol. The molecule has 112 valence electrons. The van der Waals surface area contributed by atoms with Crippen LogP contribution < -0.4 is 0 Å².